The van der Waals surface area contributed by atoms with Gasteiger partial charge in [0.25, 0.3) is 0 Å². The lowest BCUT2D eigenvalue weighted by atomic mass is 9.93. The highest BCUT2D eigenvalue weighted by atomic mass is 32.1. The first kappa shape index (κ1) is 20.4. The molecule has 0 saturated carbocycles. The number of benzene rings is 5. The molecule has 4 heterocycles. The molecular formula is C30H14N4O2S2. The first-order chi connectivity index (χ1) is 18.8. The largest absolute Gasteiger partial charge is 0.456 e. The van der Waals surface area contributed by atoms with Crippen LogP contribution in [-0.2, 0) is 11.4 Å². The summed E-state index contributed by atoms with van der Waals surface area (Å²) in [6, 6.07) is 28.8. The standard InChI is InChI=1S/C30H14N4O2S2/c1-3-7-21-17(5-1)19-11-9-15(13-23(19)35-21)25-27-29(33-37-31-27)26(30-28(25)32-38-34-30)16-10-12-20-18-6-2-4-8-22(18)36-24(20)14-16/h1-14H. The molecule has 0 saturated heterocycles. The third kappa shape index (κ3) is 2.70. The van der Waals surface area contributed by atoms with E-state index in [0.29, 0.717) is 0 Å². The lowest BCUT2D eigenvalue weighted by Crippen LogP contribution is -1.88. The number of nitrogens with zero attached hydrogens (tertiary/aromatic N) is 4. The average molecular weight is 527 g/mol. The Hall–Kier alpha value is -4.66. The van der Waals surface area contributed by atoms with E-state index >= 15 is 0 Å². The minimum absolute atomic E-state index is 0.811. The van der Waals surface area contributed by atoms with Crippen LogP contribution in [0.15, 0.2) is 102 Å². The van der Waals surface area contributed by atoms with E-state index in [9.17, 15) is 0 Å². The van der Waals surface area contributed by atoms with Gasteiger partial charge in [-0.2, -0.15) is 17.5 Å². The molecule has 3 aromatic heterocycles. The molecule has 8 heteroatoms. The fraction of sp³-hybridized carbons (Fsp3) is 0. The predicted molar refractivity (Wildman–Crippen MR) is 154 cm³/mol. The van der Waals surface area contributed by atoms with E-state index in [1.54, 1.807) is 0 Å². The van der Waals surface area contributed by atoms with Crippen LogP contribution in [0.4, 0.5) is 11.4 Å². The summed E-state index contributed by atoms with van der Waals surface area (Å²) in [6.45, 7) is 0. The molecule has 0 bridgehead atoms. The summed E-state index contributed by atoms with van der Waals surface area (Å²) in [7, 11) is 0. The Morgan fingerprint density at radius 2 is 0.974 bits per heavy atom. The maximum Gasteiger partial charge on any atom is 0.136 e. The van der Waals surface area contributed by atoms with E-state index in [1.807, 2.05) is 36.4 Å². The van der Waals surface area contributed by atoms with Crippen LogP contribution in [0.5, 0.6) is 0 Å². The van der Waals surface area contributed by atoms with Gasteiger partial charge < -0.3 is 8.83 Å². The highest BCUT2D eigenvalue weighted by Gasteiger charge is 2.27. The van der Waals surface area contributed by atoms with Crippen LogP contribution in [0.2, 0.25) is 0 Å². The number of aromatic nitrogens is 2. The molecule has 5 aromatic carbocycles. The van der Waals surface area contributed by atoms with Crippen LogP contribution in [0, 0.1) is 0 Å². The number of hydrogen-bond acceptors (Lipinski definition) is 7. The summed E-state index contributed by atoms with van der Waals surface area (Å²) >= 11 is 2.40. The summed E-state index contributed by atoms with van der Waals surface area (Å²) < 4.78 is 31.3. The van der Waals surface area contributed by atoms with Gasteiger partial charge in [-0.05, 0) is 47.5 Å². The topological polar surface area (TPSA) is 76.8 Å². The Kier molecular flexibility index (Phi) is 3.99. The molecule has 0 N–H and O–H groups in total. The van der Waals surface area contributed by atoms with Crippen molar-refractivity contribution in [1.82, 2.24) is 8.75 Å². The van der Waals surface area contributed by atoms with E-state index < -0.39 is 0 Å². The molecule has 178 valence electrons. The van der Waals surface area contributed by atoms with Crippen molar-refractivity contribution < 1.29 is 8.83 Å². The second-order valence-electron chi connectivity index (χ2n) is 9.29. The van der Waals surface area contributed by atoms with E-state index in [4.69, 9.17) is 26.3 Å². The van der Waals surface area contributed by atoms with Crippen LogP contribution in [0.1, 0.15) is 0 Å². The molecular weight excluding hydrogens is 512 g/mol. The van der Waals surface area contributed by atoms with Crippen molar-refractivity contribution in [3.8, 4) is 22.3 Å². The van der Waals surface area contributed by atoms with Crippen LogP contribution in [0.3, 0.4) is 0 Å². The zero-order valence-electron chi connectivity index (χ0n) is 19.5. The van der Waals surface area contributed by atoms with Gasteiger partial charge in [0.15, 0.2) is 0 Å². The summed E-state index contributed by atoms with van der Waals surface area (Å²) in [4.78, 5) is 0. The number of fused-ring (bicyclic) bond motifs is 8. The molecule has 0 unspecified atom stereocenters. The first-order valence-electron chi connectivity index (χ1n) is 12.1. The summed E-state index contributed by atoms with van der Waals surface area (Å²) in [5, 5.41) is 4.37. The molecule has 0 amide bonds. The van der Waals surface area contributed by atoms with E-state index in [0.717, 1.165) is 88.5 Å². The highest BCUT2D eigenvalue weighted by Crippen LogP contribution is 2.52. The van der Waals surface area contributed by atoms with Gasteiger partial charge in [0.05, 0.1) is 23.1 Å². The Bertz CT molecular complexity index is 2200. The molecule has 1 aliphatic rings. The second kappa shape index (κ2) is 7.44. The van der Waals surface area contributed by atoms with Crippen molar-refractivity contribution in [3.63, 3.8) is 0 Å². The monoisotopic (exact) mass is 526 g/mol. The minimum atomic E-state index is 0.811. The van der Waals surface area contributed by atoms with Crippen LogP contribution >= 0.6 is 11.7 Å². The molecule has 8 aromatic rings. The van der Waals surface area contributed by atoms with Gasteiger partial charge >= 0.3 is 0 Å². The van der Waals surface area contributed by atoms with Gasteiger partial charge in [-0.15, -0.1) is 0 Å². The Morgan fingerprint density at radius 3 is 1.50 bits per heavy atom. The van der Waals surface area contributed by atoms with Crippen molar-refractivity contribution in [1.29, 1.82) is 0 Å². The highest BCUT2D eigenvalue weighted by molar-refractivity contribution is 7.58. The van der Waals surface area contributed by atoms with Crippen LogP contribution in [0.25, 0.3) is 77.2 Å². The van der Waals surface area contributed by atoms with Crippen LogP contribution < -0.4 is 0 Å². The Labute approximate surface area is 222 Å². The molecule has 0 radical (unpaired) electrons. The molecule has 0 fully saturated rings. The van der Waals surface area contributed by atoms with Crippen molar-refractivity contribution in [2.75, 3.05) is 0 Å². The van der Waals surface area contributed by atoms with Crippen molar-refractivity contribution >= 4 is 89.4 Å². The van der Waals surface area contributed by atoms with Crippen molar-refractivity contribution in [2.24, 2.45) is 8.73 Å². The zero-order chi connectivity index (χ0) is 24.8. The smallest absolute Gasteiger partial charge is 0.136 e. The summed E-state index contributed by atoms with van der Waals surface area (Å²) in [5.41, 5.74) is 10.5. The van der Waals surface area contributed by atoms with E-state index in [2.05, 4.69) is 48.5 Å². The normalized spacial score (nSPS) is 12.8. The summed E-state index contributed by atoms with van der Waals surface area (Å²) in [6.07, 6.45) is 0. The SMILES string of the molecule is c1ccc2c(c1)oc1cc(-c3c4c(c(-c5ccc6c(c5)oc5ccccc56)c5nsnc35)N=S=N4)ccc12. The average Bonchev–Trinajstić information content (AvgIpc) is 3.75. The second-order valence-corrected chi connectivity index (χ2v) is 10.3. The third-order valence-electron chi connectivity index (χ3n) is 7.26. The first-order valence-corrected chi connectivity index (χ1v) is 13.5. The molecule has 0 aliphatic carbocycles. The fourth-order valence-electron chi connectivity index (χ4n) is 5.57. The van der Waals surface area contributed by atoms with Crippen molar-refractivity contribution in [2.45, 2.75) is 0 Å². The van der Waals surface area contributed by atoms with Crippen molar-refractivity contribution in [3.05, 3.63) is 84.9 Å². The Balaban J connectivity index is 1.30. The zero-order valence-corrected chi connectivity index (χ0v) is 21.1. The number of para-hydroxylation sites is 2. The molecule has 6 nitrogen and oxygen atoms in total. The number of furan rings is 2. The van der Waals surface area contributed by atoms with E-state index in [-0.39, 0.29) is 0 Å². The van der Waals surface area contributed by atoms with E-state index in [1.165, 1.54) is 23.1 Å². The minimum Gasteiger partial charge on any atom is -0.456 e. The lowest BCUT2D eigenvalue weighted by Gasteiger charge is -2.12. The van der Waals surface area contributed by atoms with Gasteiger partial charge in [-0.1, -0.05) is 48.5 Å². The quantitative estimate of drug-likeness (QED) is 0.225. The van der Waals surface area contributed by atoms with Gasteiger partial charge in [0, 0.05) is 32.7 Å². The van der Waals surface area contributed by atoms with Crippen LogP contribution in [-0.4, -0.2) is 8.75 Å². The maximum absolute atomic E-state index is 6.18. The maximum atomic E-state index is 6.18. The third-order valence-corrected chi connectivity index (χ3v) is 8.32. The Morgan fingerprint density at radius 1 is 0.500 bits per heavy atom. The molecule has 1 aliphatic heterocycles. The molecule has 0 atom stereocenters. The number of hydrogen-bond donors (Lipinski definition) is 0. The van der Waals surface area contributed by atoms with Gasteiger partial charge in [-0.3, -0.25) is 0 Å². The molecule has 9 rings (SSSR count). The number of rotatable bonds is 2. The predicted octanol–water partition coefficient (Wildman–Crippen LogP) is 9.55. The van der Waals surface area contributed by atoms with Gasteiger partial charge in [0.1, 0.15) is 44.7 Å². The fourth-order valence-corrected chi connectivity index (χ4v) is 6.69. The van der Waals surface area contributed by atoms with Gasteiger partial charge in [-0.25, -0.2) is 0 Å². The lowest BCUT2D eigenvalue weighted by molar-refractivity contribution is 0.668. The van der Waals surface area contributed by atoms with Gasteiger partial charge in [0.2, 0.25) is 0 Å². The summed E-state index contributed by atoms with van der Waals surface area (Å²) in [5.74, 6) is 0. The molecule has 38 heavy (non-hydrogen) atoms. The molecule has 0 spiro atoms.